The standard InChI is InChI=1S/C21H13BrN4O4S2/c22-14-1-6-19-12(7-14)8-17(21(27)30-19)18-11-31-20(26-18)13(9-23)10-25-15-2-4-16(5-3-15)32(24,28)29/h1-8,10-11,25H,(H2,24,28,29)/b13-10-. The van der Waals surface area contributed by atoms with Crippen molar-refractivity contribution in [2.24, 2.45) is 5.14 Å². The molecule has 0 saturated heterocycles. The van der Waals surface area contributed by atoms with Crippen molar-refractivity contribution >= 4 is 59.5 Å². The molecule has 4 rings (SSSR count). The molecule has 0 aliphatic carbocycles. The number of aromatic nitrogens is 1. The third-order valence-corrected chi connectivity index (χ3v) is 6.69. The van der Waals surface area contributed by atoms with Gasteiger partial charge in [-0.2, -0.15) is 5.26 Å². The number of nitrogens with two attached hydrogens (primary N) is 1. The molecule has 2 aromatic carbocycles. The summed E-state index contributed by atoms with van der Waals surface area (Å²) >= 11 is 4.60. The van der Waals surface area contributed by atoms with E-state index in [4.69, 9.17) is 9.56 Å². The van der Waals surface area contributed by atoms with Crippen LogP contribution in [0.25, 0.3) is 27.8 Å². The highest BCUT2D eigenvalue weighted by atomic mass is 79.9. The van der Waals surface area contributed by atoms with Gasteiger partial charge in [0.25, 0.3) is 0 Å². The monoisotopic (exact) mass is 528 g/mol. The Morgan fingerprint density at radius 1 is 1.22 bits per heavy atom. The second-order valence-electron chi connectivity index (χ2n) is 6.55. The summed E-state index contributed by atoms with van der Waals surface area (Å²) < 4.78 is 28.9. The molecule has 0 radical (unpaired) electrons. The average molecular weight is 529 g/mol. The van der Waals surface area contributed by atoms with Gasteiger partial charge in [-0.15, -0.1) is 11.3 Å². The Kier molecular flexibility index (Phi) is 5.94. The summed E-state index contributed by atoms with van der Waals surface area (Å²) in [6.45, 7) is 0. The maximum absolute atomic E-state index is 12.4. The van der Waals surface area contributed by atoms with Gasteiger partial charge in [0.05, 0.1) is 16.2 Å². The van der Waals surface area contributed by atoms with Crippen LogP contribution in [0, 0.1) is 11.3 Å². The molecule has 0 atom stereocenters. The SMILES string of the molecule is N#C/C(=C/Nc1ccc(S(N)(=O)=O)cc1)c1nc(-c2cc3cc(Br)ccc3oc2=O)cs1. The van der Waals surface area contributed by atoms with Crippen LogP contribution in [0.1, 0.15) is 5.01 Å². The van der Waals surface area contributed by atoms with Crippen LogP contribution in [0.2, 0.25) is 0 Å². The fraction of sp³-hybridized carbons (Fsp3) is 0. The van der Waals surface area contributed by atoms with Gasteiger partial charge in [-0.25, -0.2) is 23.3 Å². The van der Waals surface area contributed by atoms with Gasteiger partial charge in [0.2, 0.25) is 10.0 Å². The minimum atomic E-state index is -3.78. The molecular formula is C21H13BrN4O4S2. The lowest BCUT2D eigenvalue weighted by atomic mass is 10.1. The summed E-state index contributed by atoms with van der Waals surface area (Å²) in [6.07, 6.45) is 1.45. The van der Waals surface area contributed by atoms with Gasteiger partial charge >= 0.3 is 5.63 Å². The van der Waals surface area contributed by atoms with Crippen molar-refractivity contribution in [2.75, 3.05) is 5.32 Å². The first-order valence-corrected chi connectivity index (χ1v) is 12.2. The average Bonchev–Trinajstić information content (AvgIpc) is 3.23. The second kappa shape index (κ2) is 8.68. The molecule has 0 aliphatic heterocycles. The van der Waals surface area contributed by atoms with Crippen molar-refractivity contribution in [3.05, 3.63) is 80.0 Å². The number of thiazole rings is 1. The molecule has 0 bridgehead atoms. The first-order chi connectivity index (χ1) is 15.2. The van der Waals surface area contributed by atoms with Gasteiger partial charge in [0, 0.05) is 27.1 Å². The number of nitrogens with zero attached hydrogens (tertiary/aromatic N) is 2. The molecule has 0 amide bonds. The molecule has 0 fully saturated rings. The van der Waals surface area contributed by atoms with Crippen LogP contribution in [0.3, 0.4) is 0 Å². The number of sulfonamides is 1. The maximum atomic E-state index is 12.4. The molecule has 2 heterocycles. The lowest BCUT2D eigenvalue weighted by Gasteiger charge is -2.03. The Balaban J connectivity index is 1.62. The number of hydrogen-bond acceptors (Lipinski definition) is 8. The maximum Gasteiger partial charge on any atom is 0.345 e. The lowest BCUT2D eigenvalue weighted by molar-refractivity contribution is 0.563. The van der Waals surface area contributed by atoms with Crippen molar-refractivity contribution in [2.45, 2.75) is 4.90 Å². The van der Waals surface area contributed by atoms with Gasteiger partial charge in [-0.1, -0.05) is 15.9 Å². The Bertz CT molecular complexity index is 1570. The highest BCUT2D eigenvalue weighted by Crippen LogP contribution is 2.27. The van der Waals surface area contributed by atoms with E-state index in [2.05, 4.69) is 32.3 Å². The number of halogens is 1. The molecule has 32 heavy (non-hydrogen) atoms. The van der Waals surface area contributed by atoms with Crippen LogP contribution in [-0.2, 0) is 10.0 Å². The third kappa shape index (κ3) is 4.63. The molecule has 0 aliphatic rings. The van der Waals surface area contributed by atoms with Gasteiger partial charge in [-0.05, 0) is 48.5 Å². The van der Waals surface area contributed by atoms with Crippen LogP contribution < -0.4 is 16.1 Å². The zero-order valence-corrected chi connectivity index (χ0v) is 19.3. The van der Waals surface area contributed by atoms with E-state index < -0.39 is 15.6 Å². The molecule has 3 N–H and O–H groups in total. The first kappa shape index (κ1) is 21.9. The van der Waals surface area contributed by atoms with E-state index in [1.807, 2.05) is 6.07 Å². The number of nitrogens with one attached hydrogen (secondary N) is 1. The van der Waals surface area contributed by atoms with Crippen molar-refractivity contribution in [3.63, 3.8) is 0 Å². The van der Waals surface area contributed by atoms with E-state index in [1.165, 1.54) is 41.8 Å². The fourth-order valence-corrected chi connectivity index (χ4v) is 4.51. The van der Waals surface area contributed by atoms with E-state index in [0.717, 1.165) is 9.86 Å². The number of benzene rings is 2. The number of anilines is 1. The number of hydrogen-bond donors (Lipinski definition) is 2. The lowest BCUT2D eigenvalue weighted by Crippen LogP contribution is -2.11. The van der Waals surface area contributed by atoms with Gasteiger partial charge in [-0.3, -0.25) is 0 Å². The number of nitriles is 1. The Hall–Kier alpha value is -3.30. The molecule has 0 saturated carbocycles. The Morgan fingerprint density at radius 2 is 1.97 bits per heavy atom. The zero-order chi connectivity index (χ0) is 22.9. The summed E-state index contributed by atoms with van der Waals surface area (Å²) in [7, 11) is -3.78. The summed E-state index contributed by atoms with van der Waals surface area (Å²) in [6, 6.07) is 14.8. The molecular weight excluding hydrogens is 516 g/mol. The normalized spacial score (nSPS) is 12.0. The summed E-state index contributed by atoms with van der Waals surface area (Å²) in [5.41, 5.74) is 1.44. The van der Waals surface area contributed by atoms with Crippen LogP contribution in [0.5, 0.6) is 0 Å². The Morgan fingerprint density at radius 3 is 2.66 bits per heavy atom. The Labute approximate surface area is 194 Å². The topological polar surface area (TPSA) is 139 Å². The van der Waals surface area contributed by atoms with Gasteiger partial charge < -0.3 is 9.73 Å². The fourth-order valence-electron chi connectivity index (χ4n) is 2.83. The van der Waals surface area contributed by atoms with Crippen LogP contribution in [0.4, 0.5) is 5.69 Å². The second-order valence-corrected chi connectivity index (χ2v) is 9.89. The predicted molar refractivity (Wildman–Crippen MR) is 126 cm³/mol. The third-order valence-electron chi connectivity index (χ3n) is 4.39. The molecule has 0 spiro atoms. The smallest absolute Gasteiger partial charge is 0.345 e. The first-order valence-electron chi connectivity index (χ1n) is 8.94. The minimum Gasteiger partial charge on any atom is -0.422 e. The molecule has 0 unspecified atom stereocenters. The van der Waals surface area contributed by atoms with E-state index in [1.54, 1.807) is 23.6 Å². The molecule has 8 nitrogen and oxygen atoms in total. The highest BCUT2D eigenvalue weighted by molar-refractivity contribution is 9.10. The number of allylic oxidation sites excluding steroid dienone is 1. The molecule has 160 valence electrons. The van der Waals surface area contributed by atoms with Crippen LogP contribution in [0.15, 0.2) is 78.7 Å². The van der Waals surface area contributed by atoms with Crippen molar-refractivity contribution in [1.29, 1.82) is 5.26 Å². The van der Waals surface area contributed by atoms with E-state index >= 15 is 0 Å². The van der Waals surface area contributed by atoms with Gasteiger partial charge in [0.15, 0.2) is 0 Å². The number of primary sulfonamides is 1. The van der Waals surface area contributed by atoms with Crippen molar-refractivity contribution in [3.8, 4) is 17.3 Å². The summed E-state index contributed by atoms with van der Waals surface area (Å²) in [4.78, 5) is 16.8. The van der Waals surface area contributed by atoms with Crippen molar-refractivity contribution in [1.82, 2.24) is 4.98 Å². The summed E-state index contributed by atoms with van der Waals surface area (Å²) in [5, 5.41) is 20.4. The largest absolute Gasteiger partial charge is 0.422 e. The minimum absolute atomic E-state index is 0.0154. The van der Waals surface area contributed by atoms with Crippen LogP contribution >= 0.6 is 27.3 Å². The predicted octanol–water partition coefficient (Wildman–Crippen LogP) is 4.30. The van der Waals surface area contributed by atoms with Crippen molar-refractivity contribution < 1.29 is 12.8 Å². The molecule has 4 aromatic rings. The number of rotatable bonds is 5. The van der Waals surface area contributed by atoms with Crippen LogP contribution in [-0.4, -0.2) is 13.4 Å². The number of fused-ring (bicyclic) bond motifs is 1. The van der Waals surface area contributed by atoms with E-state index in [9.17, 15) is 18.5 Å². The van der Waals surface area contributed by atoms with Gasteiger partial charge in [0.1, 0.15) is 22.2 Å². The van der Waals surface area contributed by atoms with E-state index in [0.29, 0.717) is 27.5 Å². The quantitative estimate of drug-likeness (QED) is 0.290. The molecule has 2 aromatic heterocycles. The highest BCUT2D eigenvalue weighted by Gasteiger charge is 2.14. The molecule has 11 heteroatoms. The van der Waals surface area contributed by atoms with E-state index in [-0.39, 0.29) is 10.5 Å². The summed E-state index contributed by atoms with van der Waals surface area (Å²) in [5.74, 6) is 0. The zero-order valence-electron chi connectivity index (χ0n) is 16.1.